The lowest BCUT2D eigenvalue weighted by atomic mass is 9.96. The summed E-state index contributed by atoms with van der Waals surface area (Å²) in [5, 5.41) is 6.75. The van der Waals surface area contributed by atoms with Crippen LogP contribution in [0.25, 0.3) is 0 Å². The van der Waals surface area contributed by atoms with Crippen molar-refractivity contribution in [1.29, 1.82) is 0 Å². The fraction of sp³-hybridized carbons (Fsp3) is 0.312. The molecular weight excluding hydrogens is 294 g/mol. The molecule has 2 aliphatic heterocycles. The number of hydrogen-bond acceptors (Lipinski definition) is 4. The lowest BCUT2D eigenvalue weighted by molar-refractivity contribution is 0.0672. The topological polar surface area (TPSA) is 93.2 Å². The maximum atomic E-state index is 12.5. The molecule has 3 heterocycles. The summed E-state index contributed by atoms with van der Waals surface area (Å²) in [5.41, 5.74) is 7.82. The average Bonchev–Trinajstić information content (AvgIpc) is 3.12. The highest BCUT2D eigenvalue weighted by atomic mass is 16.2. The maximum Gasteiger partial charge on any atom is 0.346 e. The van der Waals surface area contributed by atoms with Crippen LogP contribution in [0.15, 0.2) is 30.5 Å². The van der Waals surface area contributed by atoms with Gasteiger partial charge in [0.1, 0.15) is 5.82 Å². The van der Waals surface area contributed by atoms with E-state index < -0.39 is 6.03 Å². The molecule has 4 rings (SSSR count). The molecule has 1 aromatic heterocycles. The van der Waals surface area contributed by atoms with E-state index in [1.807, 2.05) is 17.0 Å². The fourth-order valence-electron chi connectivity index (χ4n) is 3.47. The first-order valence-corrected chi connectivity index (χ1v) is 7.71. The van der Waals surface area contributed by atoms with Crippen molar-refractivity contribution in [3.05, 3.63) is 41.6 Å². The first kappa shape index (κ1) is 13.8. The van der Waals surface area contributed by atoms with Crippen LogP contribution in [0.5, 0.6) is 0 Å². The smallest absolute Gasteiger partial charge is 0.346 e. The number of nitrogen functional groups attached to an aromatic ring is 1. The van der Waals surface area contributed by atoms with Gasteiger partial charge in [0.05, 0.1) is 6.04 Å². The minimum absolute atomic E-state index is 0.0594. The Balaban J connectivity index is 1.69. The van der Waals surface area contributed by atoms with Gasteiger partial charge in [-0.2, -0.15) is 4.68 Å². The van der Waals surface area contributed by atoms with Crippen molar-refractivity contribution in [1.82, 2.24) is 14.7 Å². The predicted octanol–water partition coefficient (Wildman–Crippen LogP) is 2.23. The summed E-state index contributed by atoms with van der Waals surface area (Å²) < 4.78 is 1.16. The van der Waals surface area contributed by atoms with Crippen LogP contribution in [-0.2, 0) is 0 Å². The van der Waals surface area contributed by atoms with Crippen LogP contribution in [0.2, 0.25) is 0 Å². The third-order valence-electron chi connectivity index (χ3n) is 4.49. The van der Waals surface area contributed by atoms with E-state index in [1.165, 1.54) is 6.20 Å². The molecule has 2 aliphatic rings. The summed E-state index contributed by atoms with van der Waals surface area (Å²) in [6.45, 7) is 0.779. The van der Waals surface area contributed by atoms with E-state index in [0.717, 1.165) is 36.1 Å². The van der Waals surface area contributed by atoms with Gasteiger partial charge in [-0.05, 0) is 31.4 Å². The van der Waals surface area contributed by atoms with Gasteiger partial charge >= 0.3 is 6.03 Å². The number of nitrogens with two attached hydrogens (primary N) is 1. The summed E-state index contributed by atoms with van der Waals surface area (Å²) in [6, 6.07) is 6.68. The largest absolute Gasteiger partial charge is 0.382 e. The zero-order valence-corrected chi connectivity index (χ0v) is 12.5. The average molecular weight is 311 g/mol. The van der Waals surface area contributed by atoms with Crippen LogP contribution < -0.4 is 11.1 Å². The number of benzene rings is 1. The van der Waals surface area contributed by atoms with Crippen LogP contribution in [0.4, 0.5) is 16.3 Å². The maximum absolute atomic E-state index is 12.5. The van der Waals surface area contributed by atoms with E-state index in [1.54, 1.807) is 12.1 Å². The highest BCUT2D eigenvalue weighted by Crippen LogP contribution is 2.43. The Labute approximate surface area is 133 Å². The van der Waals surface area contributed by atoms with Crippen LogP contribution in [0.3, 0.4) is 0 Å². The van der Waals surface area contributed by atoms with Crippen LogP contribution in [0.1, 0.15) is 41.2 Å². The van der Waals surface area contributed by atoms with Gasteiger partial charge in [-0.1, -0.05) is 6.07 Å². The number of carbonyl (C=O) groups is 2. The molecule has 23 heavy (non-hydrogen) atoms. The Morgan fingerprint density at radius 1 is 1.30 bits per heavy atom. The molecule has 2 aromatic rings. The molecule has 7 heteroatoms. The molecule has 1 fully saturated rings. The third kappa shape index (κ3) is 2.16. The molecule has 0 aliphatic carbocycles. The van der Waals surface area contributed by atoms with Crippen molar-refractivity contribution in [2.24, 2.45) is 0 Å². The lowest BCUT2D eigenvalue weighted by Crippen LogP contribution is -2.32. The standard InChI is InChI=1S/C16H17N5O2/c17-13-7-9-21(19-13)16(23)18-11-5-3-4-10-14(11)12-6-1-2-8-20(12)15(10)22/h3-5,7,9,12H,1-2,6,8H2,(H2,17,19)(H,18,23). The number of nitrogens with one attached hydrogen (secondary N) is 1. The zero-order chi connectivity index (χ0) is 16.0. The second-order valence-corrected chi connectivity index (χ2v) is 5.89. The van der Waals surface area contributed by atoms with Crippen LogP contribution in [-0.4, -0.2) is 33.2 Å². The Kier molecular flexibility index (Phi) is 3.07. The molecular formula is C16H17N5O2. The Hall–Kier alpha value is -2.83. The van der Waals surface area contributed by atoms with E-state index in [9.17, 15) is 9.59 Å². The number of nitrogens with zero attached hydrogens (tertiary/aromatic N) is 3. The van der Waals surface area contributed by atoms with E-state index in [0.29, 0.717) is 11.3 Å². The Morgan fingerprint density at radius 2 is 2.17 bits per heavy atom. The van der Waals surface area contributed by atoms with Gasteiger partial charge in [0.25, 0.3) is 5.91 Å². The van der Waals surface area contributed by atoms with Gasteiger partial charge in [-0.3, -0.25) is 4.79 Å². The van der Waals surface area contributed by atoms with Crippen molar-refractivity contribution in [2.45, 2.75) is 25.3 Å². The van der Waals surface area contributed by atoms with Gasteiger partial charge in [-0.25, -0.2) is 4.79 Å². The molecule has 0 spiro atoms. The molecule has 7 nitrogen and oxygen atoms in total. The van der Waals surface area contributed by atoms with Crippen molar-refractivity contribution >= 4 is 23.4 Å². The van der Waals surface area contributed by atoms with Crippen LogP contribution >= 0.6 is 0 Å². The first-order chi connectivity index (χ1) is 11.1. The Morgan fingerprint density at radius 3 is 2.96 bits per heavy atom. The lowest BCUT2D eigenvalue weighted by Gasteiger charge is -2.30. The monoisotopic (exact) mass is 311 g/mol. The van der Waals surface area contributed by atoms with E-state index in [-0.39, 0.29) is 17.8 Å². The van der Waals surface area contributed by atoms with E-state index in [2.05, 4.69) is 10.4 Å². The minimum atomic E-state index is -0.392. The number of anilines is 2. The number of rotatable bonds is 1. The summed E-state index contributed by atoms with van der Waals surface area (Å²) in [7, 11) is 0. The van der Waals surface area contributed by atoms with Crippen molar-refractivity contribution in [3.63, 3.8) is 0 Å². The second-order valence-electron chi connectivity index (χ2n) is 5.89. The molecule has 118 valence electrons. The summed E-state index contributed by atoms with van der Waals surface area (Å²) >= 11 is 0. The first-order valence-electron chi connectivity index (χ1n) is 7.71. The molecule has 3 N–H and O–H groups in total. The third-order valence-corrected chi connectivity index (χ3v) is 4.49. The molecule has 1 aromatic carbocycles. The number of piperidine rings is 1. The predicted molar refractivity (Wildman–Crippen MR) is 85.1 cm³/mol. The van der Waals surface area contributed by atoms with E-state index >= 15 is 0 Å². The molecule has 1 atom stereocenters. The van der Waals surface area contributed by atoms with Gasteiger partial charge in [0, 0.05) is 35.6 Å². The van der Waals surface area contributed by atoms with Crippen LogP contribution in [0, 0.1) is 0 Å². The van der Waals surface area contributed by atoms with Crippen molar-refractivity contribution < 1.29 is 9.59 Å². The number of carbonyl (C=O) groups excluding carboxylic acids is 2. The minimum Gasteiger partial charge on any atom is -0.382 e. The summed E-state index contributed by atoms with van der Waals surface area (Å²) in [5.74, 6) is 0.344. The number of amides is 2. The number of aromatic nitrogens is 2. The van der Waals surface area contributed by atoms with Gasteiger partial charge in [0.15, 0.2) is 0 Å². The zero-order valence-electron chi connectivity index (χ0n) is 12.5. The summed E-state index contributed by atoms with van der Waals surface area (Å²) in [6.07, 6.45) is 4.56. The van der Waals surface area contributed by atoms with E-state index in [4.69, 9.17) is 5.73 Å². The highest BCUT2D eigenvalue weighted by molar-refractivity contribution is 6.03. The molecule has 2 amide bonds. The second kappa shape index (κ2) is 5.12. The van der Waals surface area contributed by atoms with Crippen molar-refractivity contribution in [3.8, 4) is 0 Å². The molecule has 0 radical (unpaired) electrons. The van der Waals surface area contributed by atoms with Gasteiger partial charge in [-0.15, -0.1) is 5.10 Å². The van der Waals surface area contributed by atoms with Gasteiger partial charge in [0.2, 0.25) is 0 Å². The number of fused-ring (bicyclic) bond motifs is 3. The molecule has 1 saturated heterocycles. The quantitative estimate of drug-likeness (QED) is 0.844. The Bertz CT molecular complexity index is 798. The van der Waals surface area contributed by atoms with Gasteiger partial charge < -0.3 is 16.0 Å². The molecule has 0 bridgehead atoms. The highest BCUT2D eigenvalue weighted by Gasteiger charge is 2.39. The molecule has 0 saturated carbocycles. The normalized spacial score (nSPS) is 19.4. The fourth-order valence-corrected chi connectivity index (χ4v) is 3.47. The van der Waals surface area contributed by atoms with Crippen molar-refractivity contribution in [2.75, 3.05) is 17.6 Å². The SMILES string of the molecule is Nc1ccn(C(=O)Nc2cccc3c2C2CCCCN2C3=O)n1. The summed E-state index contributed by atoms with van der Waals surface area (Å²) in [4.78, 5) is 26.7. The number of hydrogen-bond donors (Lipinski definition) is 2. The molecule has 1 unspecified atom stereocenters.